The summed E-state index contributed by atoms with van der Waals surface area (Å²) in [4.78, 5) is 19.5. The molecule has 0 amide bonds. The normalized spacial score (nSPS) is 12.0. The molecule has 0 radical (unpaired) electrons. The van der Waals surface area contributed by atoms with Gasteiger partial charge in [-0.2, -0.15) is 23.6 Å². The number of benzene rings is 1. The van der Waals surface area contributed by atoms with Crippen LogP contribution in [0.3, 0.4) is 0 Å². The highest BCUT2D eigenvalue weighted by Gasteiger charge is 2.25. The van der Waals surface area contributed by atoms with E-state index < -0.39 is 23.3 Å². The van der Waals surface area contributed by atoms with E-state index in [1.165, 1.54) is 19.2 Å². The molecule has 3 aromatic rings. The van der Waals surface area contributed by atoms with Gasteiger partial charge < -0.3 is 14.0 Å². The highest BCUT2D eigenvalue weighted by atomic mass is 35.5. The molecule has 0 saturated carbocycles. The molecule has 3 rings (SSSR count). The quantitative estimate of drug-likeness (QED) is 0.372. The first-order valence-electron chi connectivity index (χ1n) is 7.56. The van der Waals surface area contributed by atoms with Crippen LogP contribution in [0.15, 0.2) is 29.4 Å². The van der Waals surface area contributed by atoms with Crippen LogP contribution in [-0.4, -0.2) is 43.8 Å². The van der Waals surface area contributed by atoms with Gasteiger partial charge in [0.05, 0.1) is 24.3 Å². The molecule has 0 aliphatic rings. The van der Waals surface area contributed by atoms with Gasteiger partial charge in [-0.3, -0.25) is 0 Å². The molecule has 0 saturated heterocycles. The van der Waals surface area contributed by atoms with Crippen LogP contribution in [0.25, 0.3) is 5.65 Å². The molecule has 0 fully saturated rings. The smallest absolute Gasteiger partial charge is 0.389 e. The van der Waals surface area contributed by atoms with Gasteiger partial charge in [-0.15, -0.1) is 0 Å². The van der Waals surface area contributed by atoms with E-state index in [2.05, 4.69) is 24.5 Å². The summed E-state index contributed by atoms with van der Waals surface area (Å²) in [6, 6.07) is 5.41. The molecule has 2 aromatic heterocycles. The van der Waals surface area contributed by atoms with Crippen LogP contribution in [0, 0.1) is 5.95 Å². The Morgan fingerprint density at radius 3 is 2.93 bits per heavy atom. The van der Waals surface area contributed by atoms with E-state index in [1.807, 2.05) is 0 Å². The fraction of sp³-hybridized carbons (Fsp3) is 0.200. The first-order valence-corrected chi connectivity index (χ1v) is 9.08. The Labute approximate surface area is 160 Å². The molecule has 1 aromatic carbocycles. The van der Waals surface area contributed by atoms with Crippen molar-refractivity contribution in [3.63, 3.8) is 0 Å². The number of hydrogen-bond donors (Lipinski definition) is 1. The second-order valence-electron chi connectivity index (χ2n) is 4.98. The predicted molar refractivity (Wildman–Crippen MR) is 94.7 cm³/mol. The monoisotopic (exact) mass is 413 g/mol. The number of fused-ring (bicyclic) bond motifs is 1. The number of rotatable bonds is 6. The first kappa shape index (κ1) is 19.1. The molecule has 9 nitrogen and oxygen atoms in total. The molecule has 27 heavy (non-hydrogen) atoms. The van der Waals surface area contributed by atoms with Crippen LogP contribution < -0.4 is 9.46 Å². The van der Waals surface area contributed by atoms with E-state index >= 15 is 0 Å². The van der Waals surface area contributed by atoms with Crippen LogP contribution in [0.5, 0.6) is 6.01 Å². The molecule has 0 bridgehead atoms. The van der Waals surface area contributed by atoms with Gasteiger partial charge in [-0.1, -0.05) is 22.8 Å². The molecular formula is C15H13ClFN5O4S. The van der Waals surface area contributed by atoms with Gasteiger partial charge in [0.2, 0.25) is 5.95 Å². The maximum Gasteiger partial charge on any atom is 0.389 e. The van der Waals surface area contributed by atoms with Crippen molar-refractivity contribution in [1.29, 1.82) is 0 Å². The number of methoxy groups -OCH3 is 1. The van der Waals surface area contributed by atoms with Crippen molar-refractivity contribution >= 4 is 40.3 Å². The molecule has 0 spiro atoms. The molecule has 0 aliphatic carbocycles. The van der Waals surface area contributed by atoms with Crippen molar-refractivity contribution in [3.8, 4) is 6.01 Å². The van der Waals surface area contributed by atoms with Crippen LogP contribution in [0.4, 0.5) is 10.1 Å². The molecule has 1 N–H and O–H groups in total. The zero-order chi connectivity index (χ0) is 19.6. The van der Waals surface area contributed by atoms with Crippen LogP contribution in [-0.2, 0) is 16.1 Å². The number of nitrogens with one attached hydrogen (secondary N) is 1. The van der Waals surface area contributed by atoms with Crippen molar-refractivity contribution in [2.24, 2.45) is 0 Å². The van der Waals surface area contributed by atoms with E-state index in [-0.39, 0.29) is 39.7 Å². The molecule has 2 heterocycles. The summed E-state index contributed by atoms with van der Waals surface area (Å²) in [5.41, 5.74) is 0.242. The zero-order valence-electron chi connectivity index (χ0n) is 14.1. The predicted octanol–water partition coefficient (Wildman–Crippen LogP) is 2.24. The SMILES string of the molecule is CCOc1nc(F)cc2nc([S+]([O-])Nc3c(Cl)cccc3C(=O)OC)nn12. The fourth-order valence-electron chi connectivity index (χ4n) is 2.16. The number of aromatic nitrogens is 4. The van der Waals surface area contributed by atoms with Crippen LogP contribution in [0.1, 0.15) is 17.3 Å². The second kappa shape index (κ2) is 7.94. The summed E-state index contributed by atoms with van der Waals surface area (Å²) < 4.78 is 39.8. The largest absolute Gasteiger partial charge is 0.585 e. The number of halogens is 2. The Kier molecular flexibility index (Phi) is 5.63. The summed E-state index contributed by atoms with van der Waals surface area (Å²) >= 11 is 4.08. The lowest BCUT2D eigenvalue weighted by molar-refractivity contribution is 0.0602. The van der Waals surface area contributed by atoms with Gasteiger partial charge in [-0.25, -0.2) is 4.79 Å². The molecule has 142 valence electrons. The van der Waals surface area contributed by atoms with E-state index in [1.54, 1.807) is 13.0 Å². The number of para-hydroxylation sites is 1. The van der Waals surface area contributed by atoms with Crippen LogP contribution >= 0.6 is 11.6 Å². The summed E-state index contributed by atoms with van der Waals surface area (Å²) in [5.74, 6) is -1.48. The lowest BCUT2D eigenvalue weighted by atomic mass is 10.2. The number of nitrogens with zero attached hydrogens (tertiary/aromatic N) is 4. The van der Waals surface area contributed by atoms with Crippen molar-refractivity contribution in [2.75, 3.05) is 18.4 Å². The lowest BCUT2D eigenvalue weighted by Crippen LogP contribution is -2.18. The van der Waals surface area contributed by atoms with Crippen molar-refractivity contribution in [3.05, 3.63) is 40.8 Å². The van der Waals surface area contributed by atoms with Gasteiger partial charge in [-0.05, 0) is 19.1 Å². The lowest BCUT2D eigenvalue weighted by Gasteiger charge is -2.12. The molecule has 1 unspecified atom stereocenters. The standard InChI is InChI=1S/C15H13ClFN5O4S/c1-3-26-15-18-10(17)7-11-19-14(20-22(11)15)27(24)21-12-8(13(23)25-2)5-4-6-9(12)16/h4-7,21H,3H2,1-2H3. The first-order chi connectivity index (χ1) is 12.9. The van der Waals surface area contributed by atoms with Gasteiger partial charge in [0.15, 0.2) is 5.65 Å². The number of ether oxygens (including phenoxy) is 2. The number of carbonyl (C=O) groups is 1. The maximum atomic E-state index is 13.6. The minimum atomic E-state index is -2.02. The van der Waals surface area contributed by atoms with Gasteiger partial charge in [0.25, 0.3) is 0 Å². The van der Waals surface area contributed by atoms with Crippen molar-refractivity contribution in [2.45, 2.75) is 12.1 Å². The molecule has 0 aliphatic heterocycles. The van der Waals surface area contributed by atoms with Crippen molar-refractivity contribution in [1.82, 2.24) is 19.6 Å². The maximum absolute atomic E-state index is 13.6. The highest BCUT2D eigenvalue weighted by Crippen LogP contribution is 2.29. The number of anilines is 1. The summed E-state index contributed by atoms with van der Waals surface area (Å²) in [6.45, 7) is 1.92. The highest BCUT2D eigenvalue weighted by molar-refractivity contribution is 7.92. The third-order valence-electron chi connectivity index (χ3n) is 3.30. The topological polar surface area (TPSA) is 114 Å². The number of hydrogen-bond acceptors (Lipinski definition) is 8. The van der Waals surface area contributed by atoms with Gasteiger partial charge in [0, 0.05) is 6.07 Å². The van der Waals surface area contributed by atoms with Crippen molar-refractivity contribution < 1.29 is 23.2 Å². The third-order valence-corrected chi connectivity index (χ3v) is 4.51. The Hall–Kier alpha value is -2.63. The Bertz CT molecular complexity index is 1000. The Morgan fingerprint density at radius 1 is 1.44 bits per heavy atom. The average Bonchev–Trinajstić information content (AvgIpc) is 3.07. The Balaban J connectivity index is 1.97. The van der Waals surface area contributed by atoms with E-state index in [0.29, 0.717) is 0 Å². The summed E-state index contributed by atoms with van der Waals surface area (Å²) in [6.07, 6.45) is 0. The average molecular weight is 414 g/mol. The zero-order valence-corrected chi connectivity index (χ0v) is 15.7. The van der Waals surface area contributed by atoms with Gasteiger partial charge >= 0.3 is 17.1 Å². The van der Waals surface area contributed by atoms with Crippen LogP contribution in [0.2, 0.25) is 5.02 Å². The fourth-order valence-corrected chi connectivity index (χ4v) is 3.27. The second-order valence-corrected chi connectivity index (χ2v) is 6.50. The molecular weight excluding hydrogens is 401 g/mol. The number of carbonyl (C=O) groups excluding carboxylic acids is 1. The molecule has 1 atom stereocenters. The third kappa shape index (κ3) is 3.89. The van der Waals surface area contributed by atoms with Gasteiger partial charge in [0.1, 0.15) is 17.0 Å². The van der Waals surface area contributed by atoms with E-state index in [9.17, 15) is 13.7 Å². The minimum Gasteiger partial charge on any atom is -0.585 e. The van der Waals surface area contributed by atoms with E-state index in [0.717, 1.165) is 10.6 Å². The number of esters is 1. The Morgan fingerprint density at radius 2 is 2.22 bits per heavy atom. The molecule has 12 heteroatoms. The van der Waals surface area contributed by atoms with E-state index in [4.69, 9.17) is 16.3 Å². The summed E-state index contributed by atoms with van der Waals surface area (Å²) in [5, 5.41) is 3.99. The minimum absolute atomic E-state index is 0.0588. The summed E-state index contributed by atoms with van der Waals surface area (Å²) in [7, 11) is 1.21.